The molecule has 7 heteroatoms. The Morgan fingerprint density at radius 3 is 2.36 bits per heavy atom. The van der Waals surface area contributed by atoms with Crippen LogP contribution in [0.5, 0.6) is 0 Å². The van der Waals surface area contributed by atoms with Gasteiger partial charge in [0.05, 0.1) is 6.42 Å². The van der Waals surface area contributed by atoms with E-state index in [0.717, 1.165) is 16.3 Å². The van der Waals surface area contributed by atoms with Gasteiger partial charge in [0.1, 0.15) is 12.7 Å². The molecule has 138 valence electrons. The minimum atomic E-state index is -0.298. The van der Waals surface area contributed by atoms with E-state index in [-0.39, 0.29) is 18.2 Å². The third kappa shape index (κ3) is 3.88. The highest BCUT2D eigenvalue weighted by Gasteiger charge is 2.09. The number of rotatable bonds is 5. The monoisotopic (exact) mass is 371 g/mol. The number of fused-ring (bicyclic) bond motifs is 1. The highest BCUT2D eigenvalue weighted by atomic mass is 16.2. The van der Waals surface area contributed by atoms with Crippen LogP contribution in [0.2, 0.25) is 0 Å². The van der Waals surface area contributed by atoms with Crippen LogP contribution in [-0.4, -0.2) is 26.7 Å². The SMILES string of the molecule is O=C(Cc1cccc2ccccc12)Nc1ccc(C(=O)Nn2cnnc2)cc1. The molecular weight excluding hydrogens is 354 g/mol. The van der Waals surface area contributed by atoms with Gasteiger partial charge in [-0.25, -0.2) is 4.68 Å². The van der Waals surface area contributed by atoms with Crippen LogP contribution in [0.15, 0.2) is 79.4 Å². The number of hydrogen-bond donors (Lipinski definition) is 2. The number of anilines is 1. The maximum absolute atomic E-state index is 12.4. The first-order valence-electron chi connectivity index (χ1n) is 8.71. The smallest absolute Gasteiger partial charge is 0.270 e. The van der Waals surface area contributed by atoms with Crippen LogP contribution in [0.3, 0.4) is 0 Å². The molecule has 0 aliphatic rings. The number of nitrogens with one attached hydrogen (secondary N) is 2. The first kappa shape index (κ1) is 17.4. The van der Waals surface area contributed by atoms with E-state index in [9.17, 15) is 9.59 Å². The molecule has 0 radical (unpaired) electrons. The minimum Gasteiger partial charge on any atom is -0.326 e. The Labute approximate surface area is 161 Å². The molecule has 0 bridgehead atoms. The molecule has 0 fully saturated rings. The molecule has 2 amide bonds. The van der Waals surface area contributed by atoms with Gasteiger partial charge < -0.3 is 5.32 Å². The molecule has 0 saturated carbocycles. The summed E-state index contributed by atoms with van der Waals surface area (Å²) in [5.74, 6) is -0.411. The molecule has 1 aromatic heterocycles. The third-order valence-electron chi connectivity index (χ3n) is 4.31. The summed E-state index contributed by atoms with van der Waals surface area (Å²) in [5.41, 5.74) is 4.68. The van der Waals surface area contributed by atoms with Gasteiger partial charge >= 0.3 is 0 Å². The van der Waals surface area contributed by atoms with Crippen molar-refractivity contribution in [3.63, 3.8) is 0 Å². The van der Waals surface area contributed by atoms with Gasteiger partial charge in [-0.3, -0.25) is 15.0 Å². The molecule has 4 aromatic rings. The fourth-order valence-electron chi connectivity index (χ4n) is 2.97. The van der Waals surface area contributed by atoms with Gasteiger partial charge in [0.2, 0.25) is 5.91 Å². The number of aromatic nitrogens is 3. The molecule has 0 unspecified atom stereocenters. The largest absolute Gasteiger partial charge is 0.326 e. The predicted octanol–water partition coefficient (Wildman–Crippen LogP) is 3.00. The van der Waals surface area contributed by atoms with E-state index in [1.165, 1.54) is 17.3 Å². The number of carbonyl (C=O) groups excluding carboxylic acids is 2. The molecule has 0 atom stereocenters. The van der Waals surface area contributed by atoms with Crippen LogP contribution < -0.4 is 10.7 Å². The molecule has 0 spiro atoms. The number of hydrogen-bond acceptors (Lipinski definition) is 4. The Morgan fingerprint density at radius 2 is 1.57 bits per heavy atom. The van der Waals surface area contributed by atoms with Crippen LogP contribution in [0, 0.1) is 0 Å². The molecule has 0 saturated heterocycles. The summed E-state index contributed by atoms with van der Waals surface area (Å²) < 4.78 is 1.36. The lowest BCUT2D eigenvalue weighted by molar-refractivity contribution is -0.115. The lowest BCUT2D eigenvalue weighted by Gasteiger charge is -2.09. The zero-order chi connectivity index (χ0) is 19.3. The van der Waals surface area contributed by atoms with Crippen molar-refractivity contribution in [3.8, 4) is 0 Å². The summed E-state index contributed by atoms with van der Waals surface area (Å²) in [6, 6.07) is 20.6. The summed E-state index contributed by atoms with van der Waals surface area (Å²) >= 11 is 0. The van der Waals surface area contributed by atoms with Gasteiger partial charge in [-0.1, -0.05) is 42.5 Å². The van der Waals surface area contributed by atoms with Crippen molar-refractivity contribution in [3.05, 3.63) is 90.5 Å². The first-order valence-corrected chi connectivity index (χ1v) is 8.71. The van der Waals surface area contributed by atoms with Crippen molar-refractivity contribution >= 4 is 28.3 Å². The second-order valence-electron chi connectivity index (χ2n) is 6.25. The fraction of sp³-hybridized carbons (Fsp3) is 0.0476. The molecule has 4 rings (SSSR count). The third-order valence-corrected chi connectivity index (χ3v) is 4.31. The molecule has 2 N–H and O–H groups in total. The highest BCUT2D eigenvalue weighted by molar-refractivity contribution is 6.01. The molecule has 3 aromatic carbocycles. The summed E-state index contributed by atoms with van der Waals surface area (Å²) in [4.78, 5) is 24.6. The Kier molecular flexibility index (Phi) is 4.79. The Bertz CT molecular complexity index is 1120. The van der Waals surface area contributed by atoms with Crippen molar-refractivity contribution in [2.24, 2.45) is 0 Å². The maximum atomic E-state index is 12.4. The standard InChI is InChI=1S/C21H17N5O2/c27-20(12-17-6-3-5-15-4-1-2-7-19(15)17)24-18-10-8-16(9-11-18)21(28)25-26-13-22-23-14-26/h1-11,13-14H,12H2,(H,24,27)(H,25,28). The minimum absolute atomic E-state index is 0.113. The van der Waals surface area contributed by atoms with Crippen molar-refractivity contribution in [1.29, 1.82) is 0 Å². The number of carbonyl (C=O) groups is 2. The molecule has 1 heterocycles. The van der Waals surface area contributed by atoms with Gasteiger partial charge in [0, 0.05) is 11.3 Å². The Balaban J connectivity index is 1.41. The van der Waals surface area contributed by atoms with Crippen molar-refractivity contribution in [1.82, 2.24) is 14.9 Å². The molecule has 0 aliphatic carbocycles. The zero-order valence-electron chi connectivity index (χ0n) is 14.9. The predicted molar refractivity (Wildman–Crippen MR) is 106 cm³/mol. The lowest BCUT2D eigenvalue weighted by atomic mass is 10.0. The second-order valence-corrected chi connectivity index (χ2v) is 6.25. The summed E-state index contributed by atoms with van der Waals surface area (Å²) in [6.07, 6.45) is 3.05. The van der Waals surface area contributed by atoms with Crippen LogP contribution in [0.4, 0.5) is 5.69 Å². The van der Waals surface area contributed by atoms with E-state index >= 15 is 0 Å². The van der Waals surface area contributed by atoms with E-state index in [0.29, 0.717) is 11.3 Å². The first-order chi connectivity index (χ1) is 13.7. The van der Waals surface area contributed by atoms with E-state index < -0.39 is 0 Å². The van der Waals surface area contributed by atoms with Gasteiger partial charge in [-0.05, 0) is 40.6 Å². The maximum Gasteiger partial charge on any atom is 0.270 e. The van der Waals surface area contributed by atoms with E-state index in [1.807, 2.05) is 42.5 Å². The van der Waals surface area contributed by atoms with Crippen LogP contribution in [-0.2, 0) is 11.2 Å². The second kappa shape index (κ2) is 7.71. The van der Waals surface area contributed by atoms with Crippen molar-refractivity contribution < 1.29 is 9.59 Å². The van der Waals surface area contributed by atoms with Crippen molar-refractivity contribution in [2.45, 2.75) is 6.42 Å². The van der Waals surface area contributed by atoms with E-state index in [1.54, 1.807) is 24.3 Å². The van der Waals surface area contributed by atoms with Crippen LogP contribution >= 0.6 is 0 Å². The zero-order valence-corrected chi connectivity index (χ0v) is 14.9. The molecule has 0 aliphatic heterocycles. The van der Waals surface area contributed by atoms with E-state index in [4.69, 9.17) is 0 Å². The van der Waals surface area contributed by atoms with Gasteiger partial charge in [-0.2, -0.15) is 0 Å². The highest BCUT2D eigenvalue weighted by Crippen LogP contribution is 2.19. The fourth-order valence-corrected chi connectivity index (χ4v) is 2.97. The van der Waals surface area contributed by atoms with Crippen molar-refractivity contribution in [2.75, 3.05) is 10.7 Å². The number of nitrogens with zero attached hydrogens (tertiary/aromatic N) is 3. The quantitative estimate of drug-likeness (QED) is 0.564. The summed E-state index contributed by atoms with van der Waals surface area (Å²) in [7, 11) is 0. The average molecular weight is 371 g/mol. The Hall–Kier alpha value is -4.00. The Morgan fingerprint density at radius 1 is 0.857 bits per heavy atom. The average Bonchev–Trinajstić information content (AvgIpc) is 3.22. The summed E-state index contributed by atoms with van der Waals surface area (Å²) in [6.45, 7) is 0. The van der Waals surface area contributed by atoms with Gasteiger partial charge in [-0.15, -0.1) is 10.2 Å². The lowest BCUT2D eigenvalue weighted by Crippen LogP contribution is -2.21. The summed E-state index contributed by atoms with van der Waals surface area (Å²) in [5, 5.41) is 12.3. The topological polar surface area (TPSA) is 88.9 Å². The molecular formula is C21H17N5O2. The van der Waals surface area contributed by atoms with Crippen LogP contribution in [0.1, 0.15) is 15.9 Å². The van der Waals surface area contributed by atoms with Crippen LogP contribution in [0.25, 0.3) is 10.8 Å². The van der Waals surface area contributed by atoms with Gasteiger partial charge in [0.25, 0.3) is 5.91 Å². The molecule has 28 heavy (non-hydrogen) atoms. The number of amides is 2. The number of benzene rings is 3. The normalized spacial score (nSPS) is 10.6. The van der Waals surface area contributed by atoms with Gasteiger partial charge in [0.15, 0.2) is 0 Å². The molecule has 7 nitrogen and oxygen atoms in total. The van der Waals surface area contributed by atoms with E-state index in [2.05, 4.69) is 20.9 Å².